The quantitative estimate of drug-likeness (QED) is 0.529. The normalized spacial score (nSPS) is 26.0. The summed E-state index contributed by atoms with van der Waals surface area (Å²) in [7, 11) is 2.20. The van der Waals surface area contributed by atoms with Gasteiger partial charge >= 0.3 is 0 Å². The lowest BCUT2D eigenvalue weighted by molar-refractivity contribution is 0.207. The third kappa shape index (κ3) is 3.74. The van der Waals surface area contributed by atoms with Crippen molar-refractivity contribution in [1.82, 2.24) is 10.2 Å². The molecule has 1 rings (SSSR count). The Morgan fingerprint density at radius 3 is 3.08 bits per heavy atom. The van der Waals surface area contributed by atoms with Crippen LogP contribution in [0.1, 0.15) is 12.8 Å². The molecule has 1 fully saturated rings. The van der Waals surface area contributed by atoms with Crippen molar-refractivity contribution in [2.75, 3.05) is 39.1 Å². The SMILES string of the molecule is CN1CCCC(CNCCCl)C1. The summed E-state index contributed by atoms with van der Waals surface area (Å²) in [5.41, 5.74) is 0. The average Bonchev–Trinajstić information content (AvgIpc) is 2.05. The van der Waals surface area contributed by atoms with Crippen molar-refractivity contribution < 1.29 is 0 Å². The van der Waals surface area contributed by atoms with E-state index in [1.54, 1.807) is 0 Å². The average molecular weight is 191 g/mol. The van der Waals surface area contributed by atoms with E-state index >= 15 is 0 Å². The minimum absolute atomic E-state index is 0.725. The van der Waals surface area contributed by atoms with Gasteiger partial charge in [0, 0.05) is 19.0 Å². The van der Waals surface area contributed by atoms with Crippen molar-refractivity contribution in [3.8, 4) is 0 Å². The molecule has 1 atom stereocenters. The highest BCUT2D eigenvalue weighted by molar-refractivity contribution is 6.18. The summed E-state index contributed by atoms with van der Waals surface area (Å²) in [6, 6.07) is 0. The van der Waals surface area contributed by atoms with E-state index in [0.29, 0.717) is 0 Å². The van der Waals surface area contributed by atoms with E-state index in [0.717, 1.165) is 24.9 Å². The first-order chi connectivity index (χ1) is 5.83. The fourth-order valence-electron chi connectivity index (χ4n) is 1.81. The Labute approximate surface area is 80.3 Å². The van der Waals surface area contributed by atoms with Gasteiger partial charge in [-0.05, 0) is 38.9 Å². The van der Waals surface area contributed by atoms with Crippen molar-refractivity contribution in [3.05, 3.63) is 0 Å². The number of nitrogens with zero attached hydrogens (tertiary/aromatic N) is 1. The maximum absolute atomic E-state index is 5.57. The Bertz CT molecular complexity index is 119. The minimum Gasteiger partial charge on any atom is -0.315 e. The van der Waals surface area contributed by atoms with Gasteiger partial charge in [-0.3, -0.25) is 0 Å². The second-order valence-electron chi connectivity index (χ2n) is 3.66. The zero-order valence-electron chi connectivity index (χ0n) is 7.85. The van der Waals surface area contributed by atoms with Gasteiger partial charge in [-0.2, -0.15) is 0 Å². The largest absolute Gasteiger partial charge is 0.315 e. The molecule has 0 aromatic carbocycles. The number of alkyl halides is 1. The van der Waals surface area contributed by atoms with Gasteiger partial charge in [-0.25, -0.2) is 0 Å². The molecule has 3 heteroatoms. The van der Waals surface area contributed by atoms with Crippen LogP contribution < -0.4 is 5.32 Å². The number of hydrogen-bond donors (Lipinski definition) is 1. The van der Waals surface area contributed by atoms with Crippen LogP contribution in [0.2, 0.25) is 0 Å². The number of likely N-dealkylation sites (tertiary alicyclic amines) is 1. The van der Waals surface area contributed by atoms with Gasteiger partial charge < -0.3 is 10.2 Å². The second kappa shape index (κ2) is 5.79. The summed E-state index contributed by atoms with van der Waals surface area (Å²) in [5, 5.41) is 3.37. The molecule has 1 saturated heterocycles. The van der Waals surface area contributed by atoms with Gasteiger partial charge in [0.15, 0.2) is 0 Å². The van der Waals surface area contributed by atoms with Gasteiger partial charge in [0.2, 0.25) is 0 Å². The summed E-state index contributed by atoms with van der Waals surface area (Å²) in [5.74, 6) is 1.56. The van der Waals surface area contributed by atoms with E-state index in [2.05, 4.69) is 17.3 Å². The van der Waals surface area contributed by atoms with Gasteiger partial charge in [-0.15, -0.1) is 11.6 Å². The van der Waals surface area contributed by atoms with Crippen LogP contribution in [0.4, 0.5) is 0 Å². The third-order valence-electron chi connectivity index (χ3n) is 2.43. The molecule has 0 bridgehead atoms. The molecule has 12 heavy (non-hydrogen) atoms. The molecule has 1 aliphatic rings. The van der Waals surface area contributed by atoms with E-state index < -0.39 is 0 Å². The number of halogens is 1. The van der Waals surface area contributed by atoms with Crippen LogP contribution in [-0.2, 0) is 0 Å². The fraction of sp³-hybridized carbons (Fsp3) is 1.00. The summed E-state index contributed by atoms with van der Waals surface area (Å²) >= 11 is 5.57. The minimum atomic E-state index is 0.725. The third-order valence-corrected chi connectivity index (χ3v) is 2.62. The van der Waals surface area contributed by atoms with Crippen LogP contribution in [0, 0.1) is 5.92 Å². The lowest BCUT2D eigenvalue weighted by Crippen LogP contribution is -2.37. The zero-order chi connectivity index (χ0) is 8.81. The van der Waals surface area contributed by atoms with Gasteiger partial charge in [0.05, 0.1) is 0 Å². The van der Waals surface area contributed by atoms with Gasteiger partial charge in [0.1, 0.15) is 0 Å². The highest BCUT2D eigenvalue weighted by Crippen LogP contribution is 2.13. The number of piperidine rings is 1. The van der Waals surface area contributed by atoms with Gasteiger partial charge in [-0.1, -0.05) is 0 Å². The van der Waals surface area contributed by atoms with Crippen molar-refractivity contribution in [2.24, 2.45) is 5.92 Å². The standard InChI is InChI=1S/C9H19ClN2/c1-12-6-2-3-9(8-12)7-11-5-4-10/h9,11H,2-8H2,1H3. The predicted octanol–water partition coefficient (Wildman–Crippen LogP) is 1.16. The Balaban J connectivity index is 2.06. The number of hydrogen-bond acceptors (Lipinski definition) is 2. The fourth-order valence-corrected chi connectivity index (χ4v) is 1.95. The Kier molecular flexibility index (Phi) is 4.96. The predicted molar refractivity (Wildman–Crippen MR) is 53.8 cm³/mol. The van der Waals surface area contributed by atoms with Crippen molar-refractivity contribution in [3.63, 3.8) is 0 Å². The number of rotatable bonds is 4. The van der Waals surface area contributed by atoms with E-state index in [-0.39, 0.29) is 0 Å². The molecule has 0 aliphatic carbocycles. The highest BCUT2D eigenvalue weighted by atomic mass is 35.5. The first-order valence-corrected chi connectivity index (χ1v) is 5.31. The number of nitrogens with one attached hydrogen (secondary N) is 1. The van der Waals surface area contributed by atoms with Crippen molar-refractivity contribution in [1.29, 1.82) is 0 Å². The summed E-state index contributed by atoms with van der Waals surface area (Å²) in [4.78, 5) is 2.41. The molecule has 0 spiro atoms. The molecular formula is C9H19ClN2. The van der Waals surface area contributed by atoms with Crippen LogP contribution in [0.25, 0.3) is 0 Å². The Hall–Kier alpha value is 0.210. The van der Waals surface area contributed by atoms with E-state index in [4.69, 9.17) is 11.6 Å². The van der Waals surface area contributed by atoms with Crippen LogP contribution in [0.5, 0.6) is 0 Å². The first-order valence-electron chi connectivity index (χ1n) is 4.78. The lowest BCUT2D eigenvalue weighted by Gasteiger charge is -2.29. The molecule has 1 N–H and O–H groups in total. The van der Waals surface area contributed by atoms with Gasteiger partial charge in [0.25, 0.3) is 0 Å². The monoisotopic (exact) mass is 190 g/mol. The molecule has 1 heterocycles. The Morgan fingerprint density at radius 1 is 1.58 bits per heavy atom. The molecular weight excluding hydrogens is 172 g/mol. The molecule has 0 amide bonds. The highest BCUT2D eigenvalue weighted by Gasteiger charge is 2.15. The first kappa shape index (κ1) is 10.3. The maximum atomic E-state index is 5.57. The van der Waals surface area contributed by atoms with Crippen LogP contribution in [0.3, 0.4) is 0 Å². The van der Waals surface area contributed by atoms with Crippen LogP contribution in [0.15, 0.2) is 0 Å². The maximum Gasteiger partial charge on any atom is 0.0348 e. The summed E-state index contributed by atoms with van der Waals surface area (Å²) < 4.78 is 0. The smallest absolute Gasteiger partial charge is 0.0348 e. The van der Waals surface area contributed by atoms with E-state index in [1.165, 1.54) is 25.9 Å². The second-order valence-corrected chi connectivity index (χ2v) is 4.04. The Morgan fingerprint density at radius 2 is 2.42 bits per heavy atom. The molecule has 1 aliphatic heterocycles. The summed E-state index contributed by atoms with van der Waals surface area (Å²) in [6.07, 6.45) is 2.73. The van der Waals surface area contributed by atoms with Crippen molar-refractivity contribution >= 4 is 11.6 Å². The molecule has 0 radical (unpaired) electrons. The van der Waals surface area contributed by atoms with Crippen LogP contribution in [-0.4, -0.2) is 44.0 Å². The molecule has 0 saturated carbocycles. The molecule has 1 unspecified atom stereocenters. The van der Waals surface area contributed by atoms with E-state index in [1.807, 2.05) is 0 Å². The summed E-state index contributed by atoms with van der Waals surface area (Å²) in [6.45, 7) is 4.60. The molecule has 2 nitrogen and oxygen atoms in total. The molecule has 72 valence electrons. The van der Waals surface area contributed by atoms with E-state index in [9.17, 15) is 0 Å². The topological polar surface area (TPSA) is 15.3 Å². The molecule has 0 aromatic rings. The van der Waals surface area contributed by atoms with Crippen molar-refractivity contribution in [2.45, 2.75) is 12.8 Å². The zero-order valence-corrected chi connectivity index (χ0v) is 8.61. The van der Waals surface area contributed by atoms with Crippen LogP contribution >= 0.6 is 11.6 Å². The molecule has 0 aromatic heterocycles. The lowest BCUT2D eigenvalue weighted by atomic mass is 9.98.